The third-order valence-corrected chi connectivity index (χ3v) is 2.83. The fraction of sp³-hybridized carbons (Fsp3) is 0.533. The Morgan fingerprint density at radius 2 is 2.10 bits per heavy atom. The van der Waals surface area contributed by atoms with E-state index in [9.17, 15) is 5.11 Å². The van der Waals surface area contributed by atoms with Gasteiger partial charge in [0.2, 0.25) is 0 Å². The van der Waals surface area contributed by atoms with Crippen molar-refractivity contribution in [1.82, 2.24) is 0 Å². The van der Waals surface area contributed by atoms with Gasteiger partial charge in [0, 0.05) is 19.7 Å². The lowest BCUT2D eigenvalue weighted by Gasteiger charge is -2.17. The summed E-state index contributed by atoms with van der Waals surface area (Å²) in [7, 11) is 3.14. The quantitative estimate of drug-likeness (QED) is 0.716. The van der Waals surface area contributed by atoms with Crippen LogP contribution in [0, 0.1) is 11.3 Å². The smallest absolute Gasteiger partial charge is 0.143 e. The van der Waals surface area contributed by atoms with Crippen molar-refractivity contribution in [2.24, 2.45) is 0 Å². The van der Waals surface area contributed by atoms with E-state index in [0.29, 0.717) is 24.5 Å². The molecule has 0 aliphatic rings. The highest BCUT2D eigenvalue weighted by Gasteiger charge is 2.10. The third kappa shape index (κ3) is 6.00. The van der Waals surface area contributed by atoms with E-state index >= 15 is 0 Å². The van der Waals surface area contributed by atoms with E-state index < -0.39 is 6.10 Å². The fourth-order valence-corrected chi connectivity index (χ4v) is 1.75. The van der Waals surface area contributed by atoms with E-state index in [1.807, 2.05) is 13.0 Å². The van der Waals surface area contributed by atoms with Gasteiger partial charge in [-0.25, -0.2) is 0 Å². The lowest BCUT2D eigenvalue weighted by molar-refractivity contribution is -0.0282. The number of ether oxygens (including phenoxy) is 3. The molecule has 0 aromatic heterocycles. The van der Waals surface area contributed by atoms with Gasteiger partial charge in [-0.3, -0.25) is 0 Å². The molecule has 0 saturated carbocycles. The molecule has 6 heteroatoms. The van der Waals surface area contributed by atoms with Gasteiger partial charge < -0.3 is 24.6 Å². The van der Waals surface area contributed by atoms with Crippen molar-refractivity contribution in [3.8, 4) is 11.8 Å². The molecule has 6 nitrogen and oxygen atoms in total. The standard InChI is InChI=1S/C15H22N2O4/c1-11(9-19-2)21-10-13(18)8-17-14-5-4-12(7-16)6-15(14)20-3/h4-6,11,13,17-18H,8-10H2,1-3H3. The molecule has 1 aromatic carbocycles. The van der Waals surface area contributed by atoms with E-state index in [0.717, 1.165) is 5.69 Å². The highest BCUT2D eigenvalue weighted by atomic mass is 16.5. The van der Waals surface area contributed by atoms with E-state index in [1.54, 1.807) is 25.3 Å². The Morgan fingerprint density at radius 3 is 2.71 bits per heavy atom. The van der Waals surface area contributed by atoms with Gasteiger partial charge in [0.05, 0.1) is 49.9 Å². The van der Waals surface area contributed by atoms with E-state index in [-0.39, 0.29) is 12.7 Å². The van der Waals surface area contributed by atoms with Gasteiger partial charge in [-0.1, -0.05) is 0 Å². The second-order valence-corrected chi connectivity index (χ2v) is 4.66. The molecule has 0 radical (unpaired) electrons. The van der Waals surface area contributed by atoms with Crippen LogP contribution >= 0.6 is 0 Å². The van der Waals surface area contributed by atoms with Crippen LogP contribution in [-0.4, -0.2) is 51.3 Å². The van der Waals surface area contributed by atoms with Crippen molar-refractivity contribution >= 4 is 5.69 Å². The fourth-order valence-electron chi connectivity index (χ4n) is 1.75. The summed E-state index contributed by atoms with van der Waals surface area (Å²) in [6, 6.07) is 7.13. The third-order valence-electron chi connectivity index (χ3n) is 2.83. The molecule has 0 bridgehead atoms. The predicted octanol–water partition coefficient (Wildman–Crippen LogP) is 1.39. The largest absolute Gasteiger partial charge is 0.495 e. The summed E-state index contributed by atoms with van der Waals surface area (Å²) in [6.07, 6.45) is -0.709. The molecule has 2 atom stereocenters. The molecular weight excluding hydrogens is 272 g/mol. The Hall–Kier alpha value is -1.81. The SMILES string of the molecule is COCC(C)OCC(O)CNc1ccc(C#N)cc1OC. The van der Waals surface area contributed by atoms with Gasteiger partial charge in [-0.2, -0.15) is 5.26 Å². The number of aliphatic hydroxyl groups is 1. The molecular formula is C15H22N2O4. The molecule has 1 aromatic rings. The summed E-state index contributed by atoms with van der Waals surface area (Å²) in [4.78, 5) is 0. The molecule has 0 amide bonds. The van der Waals surface area contributed by atoms with E-state index in [1.165, 1.54) is 7.11 Å². The highest BCUT2D eigenvalue weighted by Crippen LogP contribution is 2.25. The van der Waals surface area contributed by atoms with Gasteiger partial charge in [-0.15, -0.1) is 0 Å². The second-order valence-electron chi connectivity index (χ2n) is 4.66. The second kappa shape index (κ2) is 9.19. The summed E-state index contributed by atoms with van der Waals surface area (Å²) < 4.78 is 15.6. The first-order chi connectivity index (χ1) is 10.1. The van der Waals surface area contributed by atoms with Crippen molar-refractivity contribution < 1.29 is 19.3 Å². The number of rotatable bonds is 9. The zero-order valence-electron chi connectivity index (χ0n) is 12.6. The predicted molar refractivity (Wildman–Crippen MR) is 79.5 cm³/mol. The van der Waals surface area contributed by atoms with Crippen LogP contribution in [0.25, 0.3) is 0 Å². The van der Waals surface area contributed by atoms with Crippen molar-refractivity contribution in [2.75, 3.05) is 39.3 Å². The molecule has 0 fully saturated rings. The number of aliphatic hydroxyl groups excluding tert-OH is 1. The number of hydrogen-bond acceptors (Lipinski definition) is 6. The molecule has 21 heavy (non-hydrogen) atoms. The number of methoxy groups -OCH3 is 2. The summed E-state index contributed by atoms with van der Waals surface area (Å²) in [5, 5.41) is 21.8. The maximum absolute atomic E-state index is 9.87. The molecule has 0 aliphatic carbocycles. The number of nitrogens with one attached hydrogen (secondary N) is 1. The minimum absolute atomic E-state index is 0.0610. The van der Waals surface area contributed by atoms with Crippen LogP contribution in [0.15, 0.2) is 18.2 Å². The topological polar surface area (TPSA) is 83.7 Å². The summed E-state index contributed by atoms with van der Waals surface area (Å²) in [5.74, 6) is 0.565. The lowest BCUT2D eigenvalue weighted by atomic mass is 10.2. The highest BCUT2D eigenvalue weighted by molar-refractivity contribution is 5.59. The van der Waals surface area contributed by atoms with E-state index in [2.05, 4.69) is 5.32 Å². The molecule has 2 unspecified atom stereocenters. The van der Waals surface area contributed by atoms with Crippen LogP contribution in [0.2, 0.25) is 0 Å². The number of benzene rings is 1. The summed E-state index contributed by atoms with van der Waals surface area (Å²) >= 11 is 0. The van der Waals surface area contributed by atoms with Gasteiger partial charge >= 0.3 is 0 Å². The monoisotopic (exact) mass is 294 g/mol. The zero-order chi connectivity index (χ0) is 15.7. The minimum atomic E-state index is -0.648. The maximum atomic E-state index is 9.87. The van der Waals surface area contributed by atoms with Crippen molar-refractivity contribution in [3.05, 3.63) is 23.8 Å². The first-order valence-corrected chi connectivity index (χ1v) is 6.71. The molecule has 0 aliphatic heterocycles. The van der Waals surface area contributed by atoms with Crippen molar-refractivity contribution in [3.63, 3.8) is 0 Å². The molecule has 116 valence electrons. The summed E-state index contributed by atoms with van der Waals surface area (Å²) in [6.45, 7) is 2.91. The first kappa shape index (κ1) is 17.2. The Kier molecular flexibility index (Phi) is 7.54. The number of nitriles is 1. The van der Waals surface area contributed by atoms with Gasteiger partial charge in [0.25, 0.3) is 0 Å². The lowest BCUT2D eigenvalue weighted by Crippen LogP contribution is -2.28. The summed E-state index contributed by atoms with van der Waals surface area (Å²) in [5.41, 5.74) is 1.25. The Balaban J connectivity index is 2.46. The van der Waals surface area contributed by atoms with Crippen molar-refractivity contribution in [1.29, 1.82) is 5.26 Å². The van der Waals surface area contributed by atoms with Gasteiger partial charge in [0.15, 0.2) is 0 Å². The van der Waals surface area contributed by atoms with Crippen LogP contribution in [0.5, 0.6) is 5.75 Å². The average Bonchev–Trinajstić information content (AvgIpc) is 2.51. The Morgan fingerprint density at radius 1 is 1.33 bits per heavy atom. The molecule has 1 rings (SSSR count). The Labute approximate surface area is 125 Å². The minimum Gasteiger partial charge on any atom is -0.495 e. The van der Waals surface area contributed by atoms with Crippen LogP contribution in [-0.2, 0) is 9.47 Å². The molecule has 0 heterocycles. The normalized spacial score (nSPS) is 13.3. The number of anilines is 1. The molecule has 0 saturated heterocycles. The van der Waals surface area contributed by atoms with Crippen LogP contribution in [0.3, 0.4) is 0 Å². The van der Waals surface area contributed by atoms with E-state index in [4.69, 9.17) is 19.5 Å². The van der Waals surface area contributed by atoms with Crippen LogP contribution < -0.4 is 10.1 Å². The van der Waals surface area contributed by atoms with Crippen LogP contribution in [0.4, 0.5) is 5.69 Å². The average molecular weight is 294 g/mol. The molecule has 2 N–H and O–H groups in total. The van der Waals surface area contributed by atoms with Crippen molar-refractivity contribution in [2.45, 2.75) is 19.1 Å². The first-order valence-electron chi connectivity index (χ1n) is 6.71. The Bertz CT molecular complexity index is 473. The van der Waals surface area contributed by atoms with Gasteiger partial charge in [-0.05, 0) is 19.1 Å². The van der Waals surface area contributed by atoms with Gasteiger partial charge in [0.1, 0.15) is 5.75 Å². The molecule has 0 spiro atoms. The van der Waals surface area contributed by atoms with Crippen LogP contribution in [0.1, 0.15) is 12.5 Å². The number of nitrogens with zero attached hydrogens (tertiary/aromatic N) is 1. The number of hydrogen-bond donors (Lipinski definition) is 2. The zero-order valence-corrected chi connectivity index (χ0v) is 12.6. The maximum Gasteiger partial charge on any atom is 0.143 e.